The molecule has 3 rings (SSSR count). The Bertz CT molecular complexity index is 1200. The van der Waals surface area contributed by atoms with Gasteiger partial charge < -0.3 is 10.1 Å². The van der Waals surface area contributed by atoms with E-state index in [1.165, 1.54) is 11.6 Å². The van der Waals surface area contributed by atoms with E-state index < -0.39 is 23.7 Å². The maximum Gasteiger partial charge on any atom is 0.332 e. The van der Waals surface area contributed by atoms with Crippen molar-refractivity contribution in [2.75, 3.05) is 11.9 Å². The molecule has 2 heterocycles. The molecule has 2 aromatic heterocycles. The lowest BCUT2D eigenvalue weighted by atomic mass is 10.1. The summed E-state index contributed by atoms with van der Waals surface area (Å²) >= 11 is 0. The fourth-order valence-electron chi connectivity index (χ4n) is 3.38. The normalized spacial score (nSPS) is 10.9. The van der Waals surface area contributed by atoms with E-state index in [9.17, 15) is 14.4 Å². The summed E-state index contributed by atoms with van der Waals surface area (Å²) < 4.78 is 7.80. The summed E-state index contributed by atoms with van der Waals surface area (Å²) in [5.41, 5.74) is 2.31. The SMILES string of the molecule is CCOc1c(C)cnc2c1c(=O)n(CC(=O)Nc1cc(C)cc(C)c1)c(=O)n2C. The zero-order valence-electron chi connectivity index (χ0n) is 17.2. The molecule has 0 saturated carbocycles. The van der Waals surface area contributed by atoms with E-state index in [4.69, 9.17) is 4.74 Å². The largest absolute Gasteiger partial charge is 0.493 e. The number of aromatic nitrogens is 3. The van der Waals surface area contributed by atoms with Crippen molar-refractivity contribution in [3.63, 3.8) is 0 Å². The van der Waals surface area contributed by atoms with Crippen LogP contribution in [0.4, 0.5) is 5.69 Å². The van der Waals surface area contributed by atoms with E-state index in [2.05, 4.69) is 10.3 Å². The van der Waals surface area contributed by atoms with E-state index in [1.807, 2.05) is 39.0 Å². The average Bonchev–Trinajstić information content (AvgIpc) is 2.64. The number of fused-ring (bicyclic) bond motifs is 1. The van der Waals surface area contributed by atoms with Gasteiger partial charge in [0.15, 0.2) is 5.65 Å². The van der Waals surface area contributed by atoms with Crippen LogP contribution in [0.25, 0.3) is 11.0 Å². The van der Waals surface area contributed by atoms with Gasteiger partial charge in [0, 0.05) is 24.5 Å². The number of nitrogens with one attached hydrogen (secondary N) is 1. The van der Waals surface area contributed by atoms with Gasteiger partial charge in [0.05, 0.1) is 6.61 Å². The molecule has 3 aromatic rings. The van der Waals surface area contributed by atoms with E-state index in [0.717, 1.165) is 15.7 Å². The zero-order valence-corrected chi connectivity index (χ0v) is 17.2. The van der Waals surface area contributed by atoms with Crippen molar-refractivity contribution in [2.45, 2.75) is 34.2 Å². The first-order chi connectivity index (χ1) is 13.7. The van der Waals surface area contributed by atoms with Crippen molar-refractivity contribution in [3.05, 3.63) is 61.9 Å². The van der Waals surface area contributed by atoms with Crippen molar-refractivity contribution in [3.8, 4) is 5.75 Å². The smallest absolute Gasteiger partial charge is 0.332 e. The highest BCUT2D eigenvalue weighted by atomic mass is 16.5. The van der Waals surface area contributed by atoms with Crippen LogP contribution in [0.5, 0.6) is 5.75 Å². The molecule has 8 heteroatoms. The number of amides is 1. The highest BCUT2D eigenvalue weighted by Gasteiger charge is 2.19. The average molecular weight is 396 g/mol. The van der Waals surface area contributed by atoms with Crippen LogP contribution in [0, 0.1) is 20.8 Å². The predicted octanol–water partition coefficient (Wildman–Crippen LogP) is 2.06. The first-order valence-electron chi connectivity index (χ1n) is 9.33. The molecule has 0 saturated heterocycles. The van der Waals surface area contributed by atoms with Crippen molar-refractivity contribution < 1.29 is 9.53 Å². The van der Waals surface area contributed by atoms with Gasteiger partial charge in [-0.25, -0.2) is 14.3 Å². The number of benzene rings is 1. The van der Waals surface area contributed by atoms with Crippen LogP contribution in [-0.2, 0) is 18.4 Å². The fraction of sp³-hybridized carbons (Fsp3) is 0.333. The lowest BCUT2D eigenvalue weighted by Gasteiger charge is -2.14. The Labute approximate surface area is 167 Å². The van der Waals surface area contributed by atoms with Gasteiger partial charge in [-0.05, 0) is 51.0 Å². The lowest BCUT2D eigenvalue weighted by Crippen LogP contribution is -2.42. The lowest BCUT2D eigenvalue weighted by molar-refractivity contribution is -0.116. The number of anilines is 1. The maximum atomic E-state index is 13.1. The van der Waals surface area contributed by atoms with E-state index in [-0.39, 0.29) is 11.0 Å². The second-order valence-corrected chi connectivity index (χ2v) is 7.06. The molecule has 0 aliphatic carbocycles. The Morgan fingerprint density at radius 1 is 1.14 bits per heavy atom. The summed E-state index contributed by atoms with van der Waals surface area (Å²) in [6.45, 7) is 7.39. The third-order valence-electron chi connectivity index (χ3n) is 4.58. The van der Waals surface area contributed by atoms with Gasteiger partial charge in [0.25, 0.3) is 5.56 Å². The Balaban J connectivity index is 2.07. The number of aryl methyl sites for hydroxylation is 4. The molecular formula is C21H24N4O4. The molecule has 8 nitrogen and oxygen atoms in total. The Hall–Kier alpha value is -3.42. The molecule has 0 aliphatic rings. The summed E-state index contributed by atoms with van der Waals surface area (Å²) in [7, 11) is 1.51. The maximum absolute atomic E-state index is 13.1. The van der Waals surface area contributed by atoms with Crippen LogP contribution in [0.15, 0.2) is 34.0 Å². The van der Waals surface area contributed by atoms with Crippen LogP contribution >= 0.6 is 0 Å². The molecule has 0 atom stereocenters. The highest BCUT2D eigenvalue weighted by Crippen LogP contribution is 2.24. The molecule has 152 valence electrons. The molecule has 0 radical (unpaired) electrons. The van der Waals surface area contributed by atoms with Crippen LogP contribution in [0.2, 0.25) is 0 Å². The predicted molar refractivity (Wildman–Crippen MR) is 112 cm³/mol. The van der Waals surface area contributed by atoms with Crippen LogP contribution in [0.3, 0.4) is 0 Å². The number of hydrogen-bond acceptors (Lipinski definition) is 5. The molecule has 29 heavy (non-hydrogen) atoms. The number of carbonyl (C=O) groups excluding carboxylic acids is 1. The third-order valence-corrected chi connectivity index (χ3v) is 4.58. The Morgan fingerprint density at radius 3 is 2.41 bits per heavy atom. The summed E-state index contributed by atoms with van der Waals surface area (Å²) in [4.78, 5) is 42.6. The molecule has 0 fully saturated rings. The zero-order chi connectivity index (χ0) is 21.3. The number of rotatable bonds is 5. The van der Waals surface area contributed by atoms with Gasteiger partial charge in [-0.2, -0.15) is 0 Å². The van der Waals surface area contributed by atoms with Gasteiger partial charge in [0.2, 0.25) is 5.91 Å². The summed E-state index contributed by atoms with van der Waals surface area (Å²) in [6.07, 6.45) is 1.56. The van der Waals surface area contributed by atoms with Gasteiger partial charge in [-0.3, -0.25) is 14.2 Å². The highest BCUT2D eigenvalue weighted by molar-refractivity contribution is 5.91. The van der Waals surface area contributed by atoms with Gasteiger partial charge in [0.1, 0.15) is 17.7 Å². The van der Waals surface area contributed by atoms with Crippen molar-refractivity contribution >= 4 is 22.6 Å². The number of pyridine rings is 1. The summed E-state index contributed by atoms with van der Waals surface area (Å²) in [5.74, 6) is -0.0892. The molecule has 1 N–H and O–H groups in total. The van der Waals surface area contributed by atoms with Gasteiger partial charge >= 0.3 is 5.69 Å². The van der Waals surface area contributed by atoms with Crippen molar-refractivity contribution in [2.24, 2.45) is 7.05 Å². The summed E-state index contributed by atoms with van der Waals surface area (Å²) in [5, 5.41) is 2.94. The van der Waals surface area contributed by atoms with Gasteiger partial charge in [-0.15, -0.1) is 0 Å². The minimum atomic E-state index is -0.614. The molecule has 0 unspecified atom stereocenters. The Kier molecular flexibility index (Phi) is 5.54. The minimum Gasteiger partial charge on any atom is -0.493 e. The quantitative estimate of drug-likeness (QED) is 0.712. The number of ether oxygens (including phenoxy) is 1. The van der Waals surface area contributed by atoms with E-state index in [0.29, 0.717) is 23.6 Å². The number of nitrogens with zero attached hydrogens (tertiary/aromatic N) is 3. The molecular weight excluding hydrogens is 372 g/mol. The van der Waals surface area contributed by atoms with Crippen LogP contribution < -0.4 is 21.3 Å². The molecule has 0 bridgehead atoms. The van der Waals surface area contributed by atoms with Crippen molar-refractivity contribution in [1.82, 2.24) is 14.1 Å². The fourth-order valence-corrected chi connectivity index (χ4v) is 3.38. The van der Waals surface area contributed by atoms with Crippen LogP contribution in [-0.4, -0.2) is 26.6 Å². The molecule has 1 aromatic carbocycles. The van der Waals surface area contributed by atoms with Crippen molar-refractivity contribution in [1.29, 1.82) is 0 Å². The first-order valence-corrected chi connectivity index (χ1v) is 9.33. The molecule has 1 amide bonds. The van der Waals surface area contributed by atoms with Gasteiger partial charge in [-0.1, -0.05) is 6.07 Å². The number of hydrogen-bond donors (Lipinski definition) is 1. The Morgan fingerprint density at radius 2 is 1.79 bits per heavy atom. The molecule has 0 spiro atoms. The standard InChI is InChI=1S/C21H24N4O4/c1-6-29-18-14(4)10-22-19-17(18)20(27)25(21(28)24(19)5)11-16(26)23-15-8-12(2)7-13(3)9-15/h7-10H,6,11H2,1-5H3,(H,23,26). The minimum absolute atomic E-state index is 0.188. The van der Waals surface area contributed by atoms with E-state index >= 15 is 0 Å². The molecule has 0 aliphatic heterocycles. The van der Waals surface area contributed by atoms with E-state index in [1.54, 1.807) is 13.1 Å². The summed E-state index contributed by atoms with van der Waals surface area (Å²) in [6, 6.07) is 5.64. The second-order valence-electron chi connectivity index (χ2n) is 7.06. The number of carbonyl (C=O) groups is 1. The van der Waals surface area contributed by atoms with Crippen LogP contribution in [0.1, 0.15) is 23.6 Å². The monoisotopic (exact) mass is 396 g/mol. The second kappa shape index (κ2) is 7.90. The topological polar surface area (TPSA) is 95.2 Å². The third kappa shape index (κ3) is 3.91. The first kappa shape index (κ1) is 20.3.